The van der Waals surface area contributed by atoms with Gasteiger partial charge in [-0.15, -0.1) is 34.0 Å². The second kappa shape index (κ2) is 18.9. The van der Waals surface area contributed by atoms with Crippen molar-refractivity contribution in [3.63, 3.8) is 0 Å². The van der Waals surface area contributed by atoms with Gasteiger partial charge in [-0.05, 0) is 74.5 Å². The highest BCUT2D eigenvalue weighted by molar-refractivity contribution is 7.10. The zero-order valence-electron chi connectivity index (χ0n) is 43.7. The Morgan fingerprint density at radius 1 is 0.403 bits per heavy atom. The van der Waals surface area contributed by atoms with Gasteiger partial charge in [0.05, 0.1) is 49.9 Å². The lowest BCUT2D eigenvalue weighted by atomic mass is 9.58. The molecule has 3 aromatic carbocycles. The average molecular weight is 1010 g/mol. The smallest absolute Gasteiger partial charge is 0.165 e. The number of carbonyl (C=O) groups excluding carboxylic acids is 3. The summed E-state index contributed by atoms with van der Waals surface area (Å²) in [7, 11) is 0. The zero-order chi connectivity index (χ0) is 50.8. The summed E-state index contributed by atoms with van der Waals surface area (Å²) < 4.78 is 0. The van der Waals surface area contributed by atoms with Gasteiger partial charge in [0, 0.05) is 66.9 Å². The first-order chi connectivity index (χ1) is 34.5. The van der Waals surface area contributed by atoms with E-state index in [1.165, 1.54) is 65.1 Å². The summed E-state index contributed by atoms with van der Waals surface area (Å²) in [6, 6.07) is 31.7. The van der Waals surface area contributed by atoms with Crippen molar-refractivity contribution in [1.82, 2.24) is 15.0 Å². The van der Waals surface area contributed by atoms with Gasteiger partial charge in [-0.1, -0.05) is 170 Å². The van der Waals surface area contributed by atoms with Crippen LogP contribution in [-0.4, -0.2) is 32.3 Å². The van der Waals surface area contributed by atoms with Gasteiger partial charge in [0.2, 0.25) is 0 Å². The molecule has 6 aliphatic carbocycles. The highest BCUT2D eigenvalue weighted by Crippen LogP contribution is 2.58. The Morgan fingerprint density at radius 3 is 0.889 bits per heavy atom. The number of rotatable bonds is 6. The summed E-state index contributed by atoms with van der Waals surface area (Å²) in [4.78, 5) is 58.3. The molecule has 1 unspecified atom stereocenters. The number of carbonyl (C=O) groups is 3. The van der Waals surface area contributed by atoms with Crippen LogP contribution in [0.3, 0.4) is 0 Å². The number of fused-ring (bicyclic) bond motifs is 3. The van der Waals surface area contributed by atoms with E-state index in [9.17, 15) is 14.4 Å². The van der Waals surface area contributed by atoms with Crippen molar-refractivity contribution in [2.75, 3.05) is 0 Å². The molecular formula is C63H69N3O3S3. The lowest BCUT2D eigenvalue weighted by molar-refractivity contribution is -0.125. The van der Waals surface area contributed by atoms with Gasteiger partial charge in [0.25, 0.3) is 0 Å². The van der Waals surface area contributed by atoms with E-state index in [0.717, 1.165) is 93.8 Å². The summed E-state index contributed by atoms with van der Waals surface area (Å²) in [6.07, 6.45) is 11.1. The molecule has 6 nitrogen and oxygen atoms in total. The first-order valence-corrected chi connectivity index (χ1v) is 28.9. The van der Waals surface area contributed by atoms with Crippen molar-refractivity contribution in [1.29, 1.82) is 0 Å². The maximum atomic E-state index is 13.5. The molecule has 0 fully saturated rings. The fourth-order valence-corrected chi connectivity index (χ4v) is 16.7. The number of ketones is 3. The molecule has 6 aromatic rings. The second-order valence-electron chi connectivity index (χ2n) is 22.9. The Balaban J connectivity index is 0.000000124. The highest BCUT2D eigenvalue weighted by atomic mass is 32.1. The molecule has 0 radical (unpaired) electrons. The molecule has 9 heteroatoms. The second-order valence-corrected chi connectivity index (χ2v) is 25.4. The zero-order valence-corrected chi connectivity index (χ0v) is 46.1. The van der Waals surface area contributed by atoms with Crippen molar-refractivity contribution < 1.29 is 14.4 Å². The highest BCUT2D eigenvalue weighted by Gasteiger charge is 2.54. The minimum absolute atomic E-state index is 0.268. The first kappa shape index (κ1) is 50.3. The van der Waals surface area contributed by atoms with E-state index in [1.807, 2.05) is 34.7 Å². The topological polar surface area (TPSA) is 89.9 Å². The molecule has 0 spiro atoms. The SMILES string of the molecule is CCC1(c2ccccc2)C2=C(CCC(C)(C)C2=O)Cc2ncsc21.CC[C@@]1(c2ccccc2)C2=C(CCC(C)(C)C2=O)Cc2ncsc21.CC[C@]1(c2ccccc2)C2=C(CCC(C)(C)C2=O)Cc2ncsc21. The molecule has 0 bridgehead atoms. The predicted octanol–water partition coefficient (Wildman–Crippen LogP) is 15.2. The molecule has 12 rings (SSSR count). The minimum atomic E-state index is -0.319. The Morgan fingerprint density at radius 2 is 0.653 bits per heavy atom. The number of thiazole rings is 3. The van der Waals surface area contributed by atoms with Crippen LogP contribution in [0.2, 0.25) is 0 Å². The number of hydrogen-bond acceptors (Lipinski definition) is 9. The summed E-state index contributed by atoms with van der Waals surface area (Å²) >= 11 is 5.14. The number of Topliss-reactive ketones (excluding diaryl/α,β-unsaturated/α-hetero) is 3. The van der Waals surface area contributed by atoms with Gasteiger partial charge >= 0.3 is 0 Å². The Labute approximate surface area is 439 Å². The molecular weight excluding hydrogens is 943 g/mol. The third kappa shape index (κ3) is 7.80. The van der Waals surface area contributed by atoms with Crippen LogP contribution >= 0.6 is 34.0 Å². The number of aromatic nitrogens is 3. The van der Waals surface area contributed by atoms with Crippen molar-refractivity contribution >= 4 is 51.4 Å². The Kier molecular flexibility index (Phi) is 13.2. The van der Waals surface area contributed by atoms with Crippen molar-refractivity contribution in [3.05, 3.63) is 189 Å². The van der Waals surface area contributed by atoms with Crippen LogP contribution in [0.15, 0.2) is 141 Å². The lowest BCUT2D eigenvalue weighted by Crippen LogP contribution is -2.44. The Hall–Kier alpha value is -5.22. The summed E-state index contributed by atoms with van der Waals surface area (Å²) in [5.74, 6) is 1.02. The molecule has 372 valence electrons. The van der Waals surface area contributed by atoms with Gasteiger partial charge in [0.1, 0.15) is 0 Å². The largest absolute Gasteiger partial charge is 0.294 e. The molecule has 3 aromatic heterocycles. The van der Waals surface area contributed by atoms with Crippen LogP contribution in [0.25, 0.3) is 0 Å². The summed E-state index contributed by atoms with van der Waals surface area (Å²) in [5.41, 5.74) is 18.5. The maximum Gasteiger partial charge on any atom is 0.165 e. The lowest BCUT2D eigenvalue weighted by Gasteiger charge is -2.45. The van der Waals surface area contributed by atoms with Crippen LogP contribution in [0, 0.1) is 16.2 Å². The standard InChI is InChI=1S/3C21H23NOS/c3*1-4-21(15-8-6-5-7-9-15)17-14(10-11-20(2,3)18(17)23)12-16-19(21)24-13-22-16/h3*5-9,13H,4,10-12H2,1-3H3/t2*21-;/m10./s1. The quantitative estimate of drug-likeness (QED) is 0.165. The number of hydrogen-bond donors (Lipinski definition) is 0. The van der Waals surface area contributed by atoms with Crippen LogP contribution < -0.4 is 0 Å². The van der Waals surface area contributed by atoms with Gasteiger partial charge in [-0.25, -0.2) is 15.0 Å². The van der Waals surface area contributed by atoms with Gasteiger partial charge < -0.3 is 0 Å². The van der Waals surface area contributed by atoms with E-state index in [2.05, 4.69) is 150 Å². The molecule has 0 saturated carbocycles. The first-order valence-electron chi connectivity index (χ1n) is 26.3. The van der Waals surface area contributed by atoms with E-state index in [4.69, 9.17) is 0 Å². The normalized spacial score (nSPS) is 25.4. The predicted molar refractivity (Wildman–Crippen MR) is 295 cm³/mol. The van der Waals surface area contributed by atoms with Crippen molar-refractivity contribution in [3.8, 4) is 0 Å². The summed E-state index contributed by atoms with van der Waals surface area (Å²) in [5, 5.41) is 0. The fourth-order valence-electron chi connectivity index (χ4n) is 13.4. The minimum Gasteiger partial charge on any atom is -0.294 e. The third-order valence-corrected chi connectivity index (χ3v) is 20.7. The van der Waals surface area contributed by atoms with E-state index < -0.39 is 0 Å². The number of allylic oxidation sites excluding steroid dienone is 6. The molecule has 3 atom stereocenters. The van der Waals surface area contributed by atoms with Crippen molar-refractivity contribution in [2.45, 2.75) is 156 Å². The molecule has 6 aliphatic rings. The fraction of sp³-hybridized carbons (Fsp3) is 0.429. The van der Waals surface area contributed by atoms with E-state index in [-0.39, 0.29) is 32.5 Å². The Bertz CT molecular complexity index is 2830. The van der Waals surface area contributed by atoms with Crippen LogP contribution in [0.4, 0.5) is 0 Å². The van der Waals surface area contributed by atoms with Gasteiger partial charge in [0.15, 0.2) is 17.3 Å². The van der Waals surface area contributed by atoms with E-state index >= 15 is 0 Å². The van der Waals surface area contributed by atoms with E-state index in [1.54, 1.807) is 34.0 Å². The molecule has 0 aliphatic heterocycles. The average Bonchev–Trinajstić information content (AvgIpc) is 4.20. The number of benzene rings is 3. The molecule has 0 N–H and O–H groups in total. The molecule has 3 heterocycles. The molecule has 0 amide bonds. The van der Waals surface area contributed by atoms with Gasteiger partial charge in [-0.2, -0.15) is 0 Å². The maximum absolute atomic E-state index is 13.5. The summed E-state index contributed by atoms with van der Waals surface area (Å²) in [6.45, 7) is 19.3. The van der Waals surface area contributed by atoms with Crippen LogP contribution in [0.5, 0.6) is 0 Å². The molecule has 0 saturated heterocycles. The van der Waals surface area contributed by atoms with Crippen LogP contribution in [0.1, 0.15) is 169 Å². The van der Waals surface area contributed by atoms with Crippen molar-refractivity contribution in [2.24, 2.45) is 16.2 Å². The monoisotopic (exact) mass is 1010 g/mol. The van der Waals surface area contributed by atoms with Crippen LogP contribution in [-0.2, 0) is 49.9 Å². The number of nitrogens with zero attached hydrogens (tertiary/aromatic N) is 3. The van der Waals surface area contributed by atoms with Gasteiger partial charge in [-0.3, -0.25) is 14.4 Å². The van der Waals surface area contributed by atoms with E-state index in [0.29, 0.717) is 17.3 Å². The third-order valence-electron chi connectivity index (χ3n) is 17.6. The molecule has 72 heavy (non-hydrogen) atoms.